The van der Waals surface area contributed by atoms with Crippen molar-refractivity contribution in [1.29, 1.82) is 0 Å². The Balaban J connectivity index is 1.40. The average molecular weight is 642 g/mol. The molecule has 3 N–H and O–H groups in total. The van der Waals surface area contributed by atoms with Gasteiger partial charge >= 0.3 is 0 Å². The van der Waals surface area contributed by atoms with Crippen molar-refractivity contribution >= 4 is 45.0 Å². The van der Waals surface area contributed by atoms with Gasteiger partial charge in [-0.15, -0.1) is 0 Å². The van der Waals surface area contributed by atoms with Crippen molar-refractivity contribution in [2.75, 3.05) is 36.5 Å². The van der Waals surface area contributed by atoms with E-state index in [-0.39, 0.29) is 29.2 Å². The second-order valence-electron chi connectivity index (χ2n) is 11.4. The number of unbranched alkanes of at least 4 members (excludes halogenated alkanes) is 2. The van der Waals surface area contributed by atoms with Crippen molar-refractivity contribution in [1.82, 2.24) is 10.2 Å². The van der Waals surface area contributed by atoms with Crippen LogP contribution in [0, 0.1) is 11.8 Å². The predicted molar refractivity (Wildman–Crippen MR) is 165 cm³/mol. The number of aliphatic hydroxyl groups is 1. The van der Waals surface area contributed by atoms with Crippen molar-refractivity contribution < 1.29 is 24.2 Å². The monoisotopic (exact) mass is 640 g/mol. The van der Waals surface area contributed by atoms with Gasteiger partial charge in [-0.05, 0) is 69.4 Å². The maximum absolute atomic E-state index is 14.1. The van der Waals surface area contributed by atoms with Crippen LogP contribution in [0.3, 0.4) is 0 Å². The SMILES string of the molecule is CCN(CC)c1ccc(NC(=O)C2N(CCCCCO)C(=O)[C@@H]3[C@@H](C(=O)NCc4ccccc4)[C@@H]4OC23CC4Br)cc1. The Bertz CT molecular complexity index is 1260. The van der Waals surface area contributed by atoms with Crippen molar-refractivity contribution in [2.45, 2.75) is 68.6 Å². The lowest BCUT2D eigenvalue weighted by atomic mass is 9.70. The van der Waals surface area contributed by atoms with E-state index >= 15 is 0 Å². The largest absolute Gasteiger partial charge is 0.396 e. The van der Waals surface area contributed by atoms with Crippen LogP contribution in [-0.4, -0.2) is 76.5 Å². The fourth-order valence-corrected chi connectivity index (χ4v) is 7.94. The van der Waals surface area contributed by atoms with Crippen LogP contribution in [0.5, 0.6) is 0 Å². The summed E-state index contributed by atoms with van der Waals surface area (Å²) in [6.45, 7) is 6.75. The van der Waals surface area contributed by atoms with Crippen LogP contribution in [0.4, 0.5) is 11.4 Å². The van der Waals surface area contributed by atoms with Crippen molar-refractivity contribution in [2.24, 2.45) is 11.8 Å². The van der Waals surface area contributed by atoms with E-state index < -0.39 is 29.6 Å². The van der Waals surface area contributed by atoms with E-state index in [1.165, 1.54) is 0 Å². The second kappa shape index (κ2) is 13.1. The molecule has 0 aromatic heterocycles. The number of ether oxygens (including phenoxy) is 1. The lowest BCUT2D eigenvalue weighted by Gasteiger charge is -2.34. The molecule has 5 rings (SSSR count). The second-order valence-corrected chi connectivity index (χ2v) is 12.6. The van der Waals surface area contributed by atoms with Gasteiger partial charge in [0.05, 0.1) is 17.9 Å². The number of carbonyl (C=O) groups excluding carboxylic acids is 3. The van der Waals surface area contributed by atoms with Crippen LogP contribution >= 0.6 is 15.9 Å². The Hall–Kier alpha value is -2.95. The smallest absolute Gasteiger partial charge is 0.250 e. The molecule has 10 heteroatoms. The fourth-order valence-electron chi connectivity index (χ4n) is 7.00. The lowest BCUT2D eigenvalue weighted by molar-refractivity contribution is -0.140. The fraction of sp³-hybridized carbons (Fsp3) is 0.531. The van der Waals surface area contributed by atoms with Crippen molar-refractivity contribution in [3.05, 3.63) is 60.2 Å². The van der Waals surface area contributed by atoms with E-state index in [0.717, 1.165) is 30.8 Å². The molecule has 0 radical (unpaired) electrons. The summed E-state index contributed by atoms with van der Waals surface area (Å²) in [6, 6.07) is 16.5. The first-order valence-corrected chi connectivity index (χ1v) is 16.0. The molecule has 3 saturated heterocycles. The summed E-state index contributed by atoms with van der Waals surface area (Å²) in [6.07, 6.45) is 1.95. The number of amides is 3. The molecule has 226 valence electrons. The summed E-state index contributed by atoms with van der Waals surface area (Å²) in [7, 11) is 0. The number of benzene rings is 2. The first kappa shape index (κ1) is 30.5. The minimum absolute atomic E-state index is 0.0770. The molecular formula is C32H41BrN4O5. The van der Waals surface area contributed by atoms with E-state index in [2.05, 4.69) is 45.3 Å². The van der Waals surface area contributed by atoms with Crippen LogP contribution in [0.15, 0.2) is 54.6 Å². The van der Waals surface area contributed by atoms with Crippen molar-refractivity contribution in [3.63, 3.8) is 0 Å². The van der Waals surface area contributed by atoms with Gasteiger partial charge in [-0.25, -0.2) is 0 Å². The van der Waals surface area contributed by atoms with E-state index in [1.807, 2.05) is 54.6 Å². The summed E-state index contributed by atoms with van der Waals surface area (Å²) in [5.41, 5.74) is 1.57. The number of rotatable bonds is 13. The maximum atomic E-state index is 14.1. The molecule has 2 bridgehead atoms. The van der Waals surface area contributed by atoms with Gasteiger partial charge in [0.15, 0.2) is 0 Å². The maximum Gasteiger partial charge on any atom is 0.250 e. The first-order chi connectivity index (χ1) is 20.3. The average Bonchev–Trinajstić information content (AvgIpc) is 3.59. The predicted octanol–water partition coefficient (Wildman–Crippen LogP) is 3.70. The topological polar surface area (TPSA) is 111 Å². The van der Waals surface area contributed by atoms with Gasteiger partial charge in [0, 0.05) is 49.0 Å². The molecule has 9 nitrogen and oxygen atoms in total. The zero-order chi connectivity index (χ0) is 29.9. The number of carbonyl (C=O) groups is 3. The van der Waals surface area contributed by atoms with Gasteiger partial charge in [-0.3, -0.25) is 14.4 Å². The third-order valence-corrected chi connectivity index (χ3v) is 9.82. The summed E-state index contributed by atoms with van der Waals surface area (Å²) in [5, 5.41) is 15.3. The number of fused-ring (bicyclic) bond motifs is 1. The Morgan fingerprint density at radius 3 is 2.43 bits per heavy atom. The summed E-state index contributed by atoms with van der Waals surface area (Å²) >= 11 is 3.72. The van der Waals surface area contributed by atoms with Crippen LogP contribution in [-0.2, 0) is 25.7 Å². The summed E-state index contributed by atoms with van der Waals surface area (Å²) in [5.74, 6) is -2.20. The zero-order valence-corrected chi connectivity index (χ0v) is 25.9. The Kier molecular flexibility index (Phi) is 9.54. The number of hydrogen-bond donors (Lipinski definition) is 3. The molecule has 42 heavy (non-hydrogen) atoms. The van der Waals surface area contributed by atoms with Crippen LogP contribution < -0.4 is 15.5 Å². The normalized spacial score (nSPS) is 27.7. The van der Waals surface area contributed by atoms with Gasteiger partial charge in [0.1, 0.15) is 11.6 Å². The number of hydrogen-bond acceptors (Lipinski definition) is 6. The zero-order valence-electron chi connectivity index (χ0n) is 24.3. The summed E-state index contributed by atoms with van der Waals surface area (Å²) in [4.78, 5) is 45.5. The Morgan fingerprint density at radius 1 is 1.05 bits per heavy atom. The van der Waals surface area contributed by atoms with E-state index in [1.54, 1.807) is 4.90 Å². The Morgan fingerprint density at radius 2 is 1.76 bits per heavy atom. The molecular weight excluding hydrogens is 600 g/mol. The molecule has 2 aromatic carbocycles. The molecule has 3 heterocycles. The van der Waals surface area contributed by atoms with Crippen LogP contribution in [0.1, 0.15) is 45.1 Å². The summed E-state index contributed by atoms with van der Waals surface area (Å²) < 4.78 is 6.58. The Labute approximate surface area is 256 Å². The highest BCUT2D eigenvalue weighted by Crippen LogP contribution is 2.60. The highest BCUT2D eigenvalue weighted by atomic mass is 79.9. The number of aliphatic hydroxyl groups excluding tert-OH is 1. The molecule has 3 aliphatic heterocycles. The van der Waals surface area contributed by atoms with Gasteiger partial charge in [0.25, 0.3) is 0 Å². The number of likely N-dealkylation sites (tertiary alicyclic amines) is 1. The highest BCUT2D eigenvalue weighted by Gasteiger charge is 2.76. The van der Waals surface area contributed by atoms with E-state index in [9.17, 15) is 19.5 Å². The van der Waals surface area contributed by atoms with E-state index in [4.69, 9.17) is 4.74 Å². The molecule has 0 saturated carbocycles. The molecule has 2 aromatic rings. The van der Waals surface area contributed by atoms with Gasteiger partial charge < -0.3 is 30.3 Å². The molecule has 3 aliphatic rings. The minimum atomic E-state index is -1.10. The van der Waals surface area contributed by atoms with Gasteiger partial charge in [0.2, 0.25) is 17.7 Å². The molecule has 0 aliphatic carbocycles. The number of halogens is 1. The van der Waals surface area contributed by atoms with Crippen LogP contribution in [0.25, 0.3) is 0 Å². The van der Waals surface area contributed by atoms with Gasteiger partial charge in [-0.2, -0.15) is 0 Å². The quantitative estimate of drug-likeness (QED) is 0.227. The number of nitrogens with one attached hydrogen (secondary N) is 2. The van der Waals surface area contributed by atoms with Gasteiger partial charge in [-0.1, -0.05) is 46.3 Å². The van der Waals surface area contributed by atoms with E-state index in [0.29, 0.717) is 38.0 Å². The standard InChI is InChI=1S/C32H41BrN4O5/c1-3-36(4-2)23-15-13-22(14-16-23)35-30(40)28-32-19-24(33)27(42-32)25(29(39)34-20-21-11-7-5-8-12-21)26(32)31(41)37(28)17-9-6-10-18-38/h5,7-8,11-16,24-28,38H,3-4,6,9-10,17-20H2,1-2H3,(H,34,39)(H,35,40)/t24?,25-,26+,27-,28?,32?/m1/s1. The molecule has 3 amide bonds. The third-order valence-electron chi connectivity index (χ3n) is 8.97. The first-order valence-electron chi connectivity index (χ1n) is 15.0. The minimum Gasteiger partial charge on any atom is -0.396 e. The third kappa shape index (κ3) is 5.68. The molecule has 3 unspecified atom stereocenters. The molecule has 6 atom stereocenters. The lowest BCUT2D eigenvalue weighted by Crippen LogP contribution is -2.54. The number of alkyl halides is 1. The van der Waals surface area contributed by atoms with Crippen LogP contribution in [0.2, 0.25) is 0 Å². The highest BCUT2D eigenvalue weighted by molar-refractivity contribution is 9.09. The van der Waals surface area contributed by atoms with Crippen molar-refractivity contribution in [3.8, 4) is 0 Å². The number of anilines is 2. The molecule has 1 spiro atoms. The molecule has 3 fully saturated rings. The number of nitrogens with zero attached hydrogens (tertiary/aromatic N) is 2.